The van der Waals surface area contributed by atoms with Gasteiger partial charge >= 0.3 is 0 Å². The van der Waals surface area contributed by atoms with Gasteiger partial charge in [-0.15, -0.1) is 0 Å². The molecule has 0 atom stereocenters. The summed E-state index contributed by atoms with van der Waals surface area (Å²) in [5.41, 5.74) is 2.01. The molecule has 0 radical (unpaired) electrons. The molecule has 0 aliphatic carbocycles. The molecule has 5 nitrogen and oxygen atoms in total. The first-order valence-electron chi connectivity index (χ1n) is 6.63. The standard InChI is InChI=1S/C13H22N4O/c1-4-5-16(12-7-14-8-12)13(18)9-17-11(3)6-10(2)15-17/h6,12,14H,4-5,7-9H2,1-3H3. The van der Waals surface area contributed by atoms with Crippen LogP contribution in [-0.2, 0) is 11.3 Å². The molecule has 100 valence electrons. The fraction of sp³-hybridized carbons (Fsp3) is 0.692. The van der Waals surface area contributed by atoms with Crippen molar-refractivity contribution in [3.63, 3.8) is 0 Å². The first kappa shape index (κ1) is 13.1. The number of amides is 1. The Labute approximate surface area is 108 Å². The van der Waals surface area contributed by atoms with Crippen LogP contribution in [0.1, 0.15) is 24.7 Å². The number of hydrogen-bond acceptors (Lipinski definition) is 3. The monoisotopic (exact) mass is 250 g/mol. The molecule has 1 fully saturated rings. The van der Waals surface area contributed by atoms with Crippen LogP contribution in [0.3, 0.4) is 0 Å². The summed E-state index contributed by atoms with van der Waals surface area (Å²) >= 11 is 0. The van der Waals surface area contributed by atoms with Crippen LogP contribution in [0.4, 0.5) is 0 Å². The maximum Gasteiger partial charge on any atom is 0.244 e. The van der Waals surface area contributed by atoms with Gasteiger partial charge in [0.1, 0.15) is 6.54 Å². The topological polar surface area (TPSA) is 50.2 Å². The van der Waals surface area contributed by atoms with Gasteiger partial charge in [0.05, 0.1) is 11.7 Å². The Bertz CT molecular complexity index is 423. The smallest absolute Gasteiger partial charge is 0.244 e. The molecule has 5 heteroatoms. The van der Waals surface area contributed by atoms with Crippen LogP contribution in [0.5, 0.6) is 0 Å². The van der Waals surface area contributed by atoms with Crippen molar-refractivity contribution in [1.29, 1.82) is 0 Å². The second-order valence-electron chi connectivity index (χ2n) is 4.98. The minimum Gasteiger partial charge on any atom is -0.336 e. The molecule has 1 aliphatic rings. The quantitative estimate of drug-likeness (QED) is 0.837. The summed E-state index contributed by atoms with van der Waals surface area (Å²) in [7, 11) is 0. The molecule has 0 spiro atoms. The van der Waals surface area contributed by atoms with Gasteiger partial charge < -0.3 is 10.2 Å². The highest BCUT2D eigenvalue weighted by molar-refractivity contribution is 5.76. The average molecular weight is 250 g/mol. The Morgan fingerprint density at radius 2 is 2.28 bits per heavy atom. The van der Waals surface area contributed by atoms with E-state index in [2.05, 4.69) is 17.3 Å². The summed E-state index contributed by atoms with van der Waals surface area (Å²) in [5.74, 6) is 0.176. The minimum atomic E-state index is 0.176. The van der Waals surface area contributed by atoms with Crippen LogP contribution in [0.15, 0.2) is 6.07 Å². The van der Waals surface area contributed by atoms with E-state index in [1.165, 1.54) is 0 Å². The average Bonchev–Trinajstić information content (AvgIpc) is 2.54. The predicted molar refractivity (Wildman–Crippen MR) is 70.4 cm³/mol. The lowest BCUT2D eigenvalue weighted by Crippen LogP contribution is -2.59. The molecule has 0 saturated carbocycles. The predicted octanol–water partition coefficient (Wildman–Crippen LogP) is 0.710. The van der Waals surface area contributed by atoms with Crippen molar-refractivity contribution in [2.75, 3.05) is 19.6 Å². The van der Waals surface area contributed by atoms with Gasteiger partial charge in [0.2, 0.25) is 5.91 Å². The Hall–Kier alpha value is -1.36. The Kier molecular flexibility index (Phi) is 4.01. The van der Waals surface area contributed by atoms with Crippen LogP contribution < -0.4 is 5.32 Å². The molecule has 1 aliphatic heterocycles. The second kappa shape index (κ2) is 5.52. The van der Waals surface area contributed by atoms with Crippen LogP contribution in [0, 0.1) is 13.8 Å². The SMILES string of the molecule is CCCN(C(=O)Cn1nc(C)cc1C)C1CNC1. The van der Waals surface area contributed by atoms with E-state index < -0.39 is 0 Å². The molecule has 0 aromatic carbocycles. The third kappa shape index (κ3) is 2.72. The molecule has 18 heavy (non-hydrogen) atoms. The fourth-order valence-electron chi connectivity index (χ4n) is 2.30. The van der Waals surface area contributed by atoms with Crippen molar-refractivity contribution in [3.05, 3.63) is 17.5 Å². The van der Waals surface area contributed by atoms with E-state index in [0.29, 0.717) is 12.6 Å². The highest BCUT2D eigenvalue weighted by Gasteiger charge is 2.28. The number of carbonyl (C=O) groups excluding carboxylic acids is 1. The number of nitrogens with zero attached hydrogens (tertiary/aromatic N) is 3. The van der Waals surface area contributed by atoms with Gasteiger partial charge in [-0.3, -0.25) is 9.48 Å². The van der Waals surface area contributed by atoms with Gasteiger partial charge in [0, 0.05) is 25.3 Å². The fourth-order valence-corrected chi connectivity index (χ4v) is 2.30. The Balaban J connectivity index is 2.02. The summed E-state index contributed by atoms with van der Waals surface area (Å²) < 4.78 is 1.80. The maximum atomic E-state index is 12.3. The Morgan fingerprint density at radius 1 is 1.56 bits per heavy atom. The zero-order valence-corrected chi connectivity index (χ0v) is 11.4. The molecule has 1 amide bonds. The first-order chi connectivity index (χ1) is 8.61. The first-order valence-corrected chi connectivity index (χ1v) is 6.63. The third-order valence-corrected chi connectivity index (χ3v) is 3.37. The number of rotatable bonds is 5. The lowest BCUT2D eigenvalue weighted by molar-refractivity contribution is -0.135. The molecule has 1 N–H and O–H groups in total. The van der Waals surface area contributed by atoms with Crippen molar-refractivity contribution >= 4 is 5.91 Å². The lowest BCUT2D eigenvalue weighted by atomic mass is 10.1. The van der Waals surface area contributed by atoms with Crippen molar-refractivity contribution in [1.82, 2.24) is 20.0 Å². The van der Waals surface area contributed by atoms with Crippen LogP contribution in [-0.4, -0.2) is 46.3 Å². The molecule has 0 bridgehead atoms. The van der Waals surface area contributed by atoms with Gasteiger partial charge in [-0.2, -0.15) is 5.10 Å². The summed E-state index contributed by atoms with van der Waals surface area (Å²) in [5, 5.41) is 7.57. The number of aryl methyl sites for hydroxylation is 2. The van der Waals surface area contributed by atoms with E-state index in [-0.39, 0.29) is 5.91 Å². The van der Waals surface area contributed by atoms with Gasteiger partial charge in [0.25, 0.3) is 0 Å². The van der Waals surface area contributed by atoms with E-state index in [0.717, 1.165) is 37.4 Å². The normalized spacial score (nSPS) is 15.5. The maximum absolute atomic E-state index is 12.3. The van der Waals surface area contributed by atoms with E-state index in [9.17, 15) is 4.79 Å². The van der Waals surface area contributed by atoms with Crippen molar-refractivity contribution < 1.29 is 4.79 Å². The molecule has 1 saturated heterocycles. The van der Waals surface area contributed by atoms with E-state index in [1.54, 1.807) is 4.68 Å². The van der Waals surface area contributed by atoms with Gasteiger partial charge in [-0.05, 0) is 26.3 Å². The summed E-state index contributed by atoms with van der Waals surface area (Å²) in [6, 6.07) is 2.37. The summed E-state index contributed by atoms with van der Waals surface area (Å²) in [4.78, 5) is 14.3. The molecule has 1 aromatic heterocycles. The molecule has 0 unspecified atom stereocenters. The molecular weight excluding hydrogens is 228 g/mol. The zero-order chi connectivity index (χ0) is 13.1. The number of carbonyl (C=O) groups is 1. The molecule has 2 rings (SSSR count). The van der Waals surface area contributed by atoms with Crippen LogP contribution in [0.2, 0.25) is 0 Å². The number of aromatic nitrogens is 2. The number of hydrogen-bond donors (Lipinski definition) is 1. The van der Waals surface area contributed by atoms with Gasteiger partial charge in [0.15, 0.2) is 0 Å². The van der Waals surface area contributed by atoms with E-state index >= 15 is 0 Å². The van der Waals surface area contributed by atoms with Crippen molar-refractivity contribution in [2.24, 2.45) is 0 Å². The van der Waals surface area contributed by atoms with Gasteiger partial charge in [-0.25, -0.2) is 0 Å². The second-order valence-corrected chi connectivity index (χ2v) is 4.98. The van der Waals surface area contributed by atoms with E-state index in [4.69, 9.17) is 0 Å². The van der Waals surface area contributed by atoms with Crippen molar-refractivity contribution in [2.45, 2.75) is 39.8 Å². The largest absolute Gasteiger partial charge is 0.336 e. The molecular formula is C13H22N4O. The highest BCUT2D eigenvalue weighted by Crippen LogP contribution is 2.09. The molecule has 1 aromatic rings. The Morgan fingerprint density at radius 3 is 2.72 bits per heavy atom. The van der Waals surface area contributed by atoms with Crippen LogP contribution in [0.25, 0.3) is 0 Å². The van der Waals surface area contributed by atoms with Crippen LogP contribution >= 0.6 is 0 Å². The third-order valence-electron chi connectivity index (χ3n) is 3.37. The van der Waals surface area contributed by atoms with Crippen molar-refractivity contribution in [3.8, 4) is 0 Å². The summed E-state index contributed by atoms with van der Waals surface area (Å²) in [6.07, 6.45) is 0.999. The van der Waals surface area contributed by atoms with Gasteiger partial charge in [-0.1, -0.05) is 6.92 Å². The minimum absolute atomic E-state index is 0.176. The van der Waals surface area contributed by atoms with E-state index in [1.807, 2.05) is 24.8 Å². The summed E-state index contributed by atoms with van der Waals surface area (Å²) in [6.45, 7) is 9.08. The lowest BCUT2D eigenvalue weighted by Gasteiger charge is -2.38. The number of nitrogens with one attached hydrogen (secondary N) is 1. The molecule has 2 heterocycles. The highest BCUT2D eigenvalue weighted by atomic mass is 16.2. The zero-order valence-electron chi connectivity index (χ0n) is 11.4.